The molecule has 0 spiro atoms. The maximum absolute atomic E-state index is 12.8. The Kier molecular flexibility index (Phi) is 4.23. The Labute approximate surface area is 146 Å². The van der Waals surface area contributed by atoms with Gasteiger partial charge in [0.15, 0.2) is 5.16 Å². The number of nitrogens with zero attached hydrogens (tertiary/aromatic N) is 3. The molecule has 0 saturated carbocycles. The molecule has 0 aliphatic heterocycles. The lowest BCUT2D eigenvalue weighted by atomic mass is 10.0. The van der Waals surface area contributed by atoms with E-state index in [0.29, 0.717) is 31.8 Å². The number of nitrogen functional groups attached to an aromatic ring is 1. The molecule has 0 bridgehead atoms. The van der Waals surface area contributed by atoms with Crippen molar-refractivity contribution in [2.45, 2.75) is 5.16 Å². The first-order valence-electron chi connectivity index (χ1n) is 6.59. The van der Waals surface area contributed by atoms with Crippen LogP contribution >= 0.6 is 35.0 Å². The van der Waals surface area contributed by atoms with Crippen LogP contribution < -0.4 is 11.3 Å². The molecule has 23 heavy (non-hydrogen) atoms. The van der Waals surface area contributed by atoms with Crippen LogP contribution in [0.4, 0.5) is 5.69 Å². The van der Waals surface area contributed by atoms with Gasteiger partial charge in [-0.1, -0.05) is 41.0 Å². The van der Waals surface area contributed by atoms with Gasteiger partial charge in [0.2, 0.25) is 0 Å². The summed E-state index contributed by atoms with van der Waals surface area (Å²) >= 11 is 13.9. The molecule has 2 aromatic heterocycles. The van der Waals surface area contributed by atoms with E-state index in [4.69, 9.17) is 28.9 Å². The average molecular weight is 367 g/mol. The predicted molar refractivity (Wildman–Crippen MR) is 96.4 cm³/mol. The van der Waals surface area contributed by atoms with Crippen molar-refractivity contribution in [1.29, 1.82) is 0 Å². The number of halogens is 2. The number of fused-ring (bicyclic) bond motifs is 1. The highest BCUT2D eigenvalue weighted by molar-refractivity contribution is 7.98. The highest BCUT2D eigenvalue weighted by Crippen LogP contribution is 2.37. The second kappa shape index (κ2) is 6.03. The van der Waals surface area contributed by atoms with Gasteiger partial charge < -0.3 is 5.73 Å². The van der Waals surface area contributed by atoms with Crippen molar-refractivity contribution in [3.8, 4) is 11.1 Å². The van der Waals surface area contributed by atoms with Gasteiger partial charge in [-0.2, -0.15) is 0 Å². The van der Waals surface area contributed by atoms with Gasteiger partial charge in [-0.15, -0.1) is 0 Å². The van der Waals surface area contributed by atoms with Crippen LogP contribution in [-0.4, -0.2) is 20.8 Å². The molecule has 8 heteroatoms. The lowest BCUT2D eigenvalue weighted by molar-refractivity contribution is 0.862. The number of aromatic nitrogens is 3. The number of nitrogens with two attached hydrogens (primary N) is 1. The summed E-state index contributed by atoms with van der Waals surface area (Å²) in [7, 11) is 1.63. The zero-order valence-electron chi connectivity index (χ0n) is 12.3. The fraction of sp³-hybridized carbons (Fsp3) is 0.133. The molecule has 0 unspecified atom stereocenters. The van der Waals surface area contributed by atoms with E-state index >= 15 is 0 Å². The lowest BCUT2D eigenvalue weighted by Gasteiger charge is -2.14. The van der Waals surface area contributed by atoms with E-state index in [1.165, 1.54) is 16.3 Å². The van der Waals surface area contributed by atoms with Gasteiger partial charge in [0, 0.05) is 18.8 Å². The monoisotopic (exact) mass is 366 g/mol. The van der Waals surface area contributed by atoms with Crippen molar-refractivity contribution in [3.05, 3.63) is 44.8 Å². The van der Waals surface area contributed by atoms with Crippen LogP contribution in [0.1, 0.15) is 0 Å². The molecule has 0 radical (unpaired) electrons. The maximum Gasteiger partial charge on any atom is 0.262 e. The van der Waals surface area contributed by atoms with Gasteiger partial charge in [-0.25, -0.2) is 9.97 Å². The number of pyridine rings is 1. The van der Waals surface area contributed by atoms with Crippen molar-refractivity contribution in [3.63, 3.8) is 0 Å². The van der Waals surface area contributed by atoms with Gasteiger partial charge in [0.05, 0.1) is 26.7 Å². The summed E-state index contributed by atoms with van der Waals surface area (Å²) in [5, 5.41) is 1.87. The third-order valence-electron chi connectivity index (χ3n) is 3.54. The highest BCUT2D eigenvalue weighted by atomic mass is 35.5. The first kappa shape index (κ1) is 16.1. The third kappa shape index (κ3) is 2.56. The standard InChI is InChI=1S/C15H12Cl2N4OS/c1-21-13-7(6-19-15(20-13)23-2)12(18)11(14(21)22)10-8(16)4-3-5-9(10)17/h3-6H,18H2,1-2H3. The smallest absolute Gasteiger partial charge is 0.262 e. The van der Waals surface area contributed by atoms with Gasteiger partial charge in [-0.05, 0) is 18.4 Å². The van der Waals surface area contributed by atoms with E-state index in [0.717, 1.165) is 0 Å². The number of hydrogen-bond acceptors (Lipinski definition) is 5. The summed E-state index contributed by atoms with van der Waals surface area (Å²) in [6, 6.07) is 5.04. The Morgan fingerprint density at radius 2 is 1.87 bits per heavy atom. The van der Waals surface area contributed by atoms with Crippen molar-refractivity contribution in [1.82, 2.24) is 14.5 Å². The molecule has 0 saturated heterocycles. The largest absolute Gasteiger partial charge is 0.397 e. The summed E-state index contributed by atoms with van der Waals surface area (Å²) in [5.41, 5.74) is 7.34. The fourth-order valence-corrected chi connectivity index (χ4v) is 3.32. The quantitative estimate of drug-likeness (QED) is 0.553. The SMILES string of the molecule is CSc1ncc2c(N)c(-c3c(Cl)cccc3Cl)c(=O)n(C)c2n1. The van der Waals surface area contributed by atoms with Gasteiger partial charge in [0.25, 0.3) is 5.56 Å². The van der Waals surface area contributed by atoms with Gasteiger partial charge in [-0.3, -0.25) is 9.36 Å². The van der Waals surface area contributed by atoms with Crippen molar-refractivity contribution in [2.75, 3.05) is 12.0 Å². The number of thioether (sulfide) groups is 1. The van der Waals surface area contributed by atoms with E-state index in [2.05, 4.69) is 9.97 Å². The summed E-state index contributed by atoms with van der Waals surface area (Å²) in [6.07, 6.45) is 3.47. The first-order valence-corrected chi connectivity index (χ1v) is 8.57. The Morgan fingerprint density at radius 1 is 1.22 bits per heavy atom. The maximum atomic E-state index is 12.8. The Balaban J connectivity index is 2.47. The predicted octanol–water partition coefficient (Wildman–Crippen LogP) is 3.61. The molecule has 118 valence electrons. The van der Waals surface area contributed by atoms with Crippen molar-refractivity contribution < 1.29 is 0 Å². The molecule has 1 aromatic carbocycles. The van der Waals surface area contributed by atoms with Crippen LogP contribution in [0.3, 0.4) is 0 Å². The molecule has 5 nitrogen and oxygen atoms in total. The average Bonchev–Trinajstić information content (AvgIpc) is 2.55. The Morgan fingerprint density at radius 3 is 2.48 bits per heavy atom. The fourth-order valence-electron chi connectivity index (χ4n) is 2.39. The molecule has 3 aromatic rings. The van der Waals surface area contributed by atoms with Crippen LogP contribution in [-0.2, 0) is 7.05 Å². The highest BCUT2D eigenvalue weighted by Gasteiger charge is 2.20. The normalized spacial score (nSPS) is 11.1. The summed E-state index contributed by atoms with van der Waals surface area (Å²) < 4.78 is 1.43. The minimum absolute atomic E-state index is 0.260. The van der Waals surface area contributed by atoms with Crippen LogP contribution in [0.15, 0.2) is 34.3 Å². The van der Waals surface area contributed by atoms with Crippen molar-refractivity contribution >= 4 is 51.7 Å². The number of aryl methyl sites for hydroxylation is 1. The van der Waals surface area contributed by atoms with Gasteiger partial charge >= 0.3 is 0 Å². The summed E-state index contributed by atoms with van der Waals surface area (Å²) in [5.74, 6) is 0. The molecule has 0 atom stereocenters. The minimum atomic E-state index is -0.309. The third-order valence-corrected chi connectivity index (χ3v) is 4.73. The van der Waals surface area contributed by atoms with E-state index < -0.39 is 0 Å². The zero-order valence-corrected chi connectivity index (χ0v) is 14.6. The number of anilines is 1. The molecular formula is C15H12Cl2N4OS. The second-order valence-electron chi connectivity index (χ2n) is 4.84. The molecule has 0 fully saturated rings. The number of benzene rings is 1. The molecule has 0 aliphatic carbocycles. The lowest BCUT2D eigenvalue weighted by Crippen LogP contribution is -2.22. The zero-order chi connectivity index (χ0) is 16.7. The molecule has 3 rings (SSSR count). The molecule has 0 aliphatic rings. The molecule has 2 N–H and O–H groups in total. The van der Waals surface area contributed by atoms with E-state index in [1.807, 2.05) is 6.26 Å². The van der Waals surface area contributed by atoms with E-state index in [-0.39, 0.29) is 16.8 Å². The minimum Gasteiger partial charge on any atom is -0.397 e. The van der Waals surface area contributed by atoms with Crippen LogP contribution in [0.5, 0.6) is 0 Å². The summed E-state index contributed by atoms with van der Waals surface area (Å²) in [4.78, 5) is 21.4. The van der Waals surface area contributed by atoms with E-state index in [9.17, 15) is 4.79 Å². The van der Waals surface area contributed by atoms with Crippen LogP contribution in [0.2, 0.25) is 10.0 Å². The second-order valence-corrected chi connectivity index (χ2v) is 6.43. The van der Waals surface area contributed by atoms with Gasteiger partial charge in [0.1, 0.15) is 5.65 Å². The molecule has 0 amide bonds. The number of hydrogen-bond donors (Lipinski definition) is 1. The van der Waals surface area contributed by atoms with E-state index in [1.54, 1.807) is 31.4 Å². The summed E-state index contributed by atoms with van der Waals surface area (Å²) in [6.45, 7) is 0. The Hall–Kier alpha value is -1.76. The number of rotatable bonds is 2. The topological polar surface area (TPSA) is 73.8 Å². The molecule has 2 heterocycles. The first-order chi connectivity index (χ1) is 11.0. The van der Waals surface area contributed by atoms with Crippen molar-refractivity contribution in [2.24, 2.45) is 7.05 Å². The molecular weight excluding hydrogens is 355 g/mol. The van der Waals surface area contributed by atoms with Crippen LogP contribution in [0.25, 0.3) is 22.2 Å². The Bertz CT molecular complexity index is 967. The van der Waals surface area contributed by atoms with Crippen LogP contribution in [0, 0.1) is 0 Å².